The Morgan fingerprint density at radius 2 is 2.16 bits per heavy atom. The zero-order chi connectivity index (χ0) is 13.4. The molecule has 2 atom stereocenters. The maximum absolute atomic E-state index is 11.8. The van der Waals surface area contributed by atoms with Gasteiger partial charge in [-0.2, -0.15) is 0 Å². The van der Waals surface area contributed by atoms with Gasteiger partial charge in [-0.15, -0.1) is 0 Å². The summed E-state index contributed by atoms with van der Waals surface area (Å²) in [6, 6.07) is 7.14. The molecule has 3 rings (SSSR count). The Labute approximate surface area is 108 Å². The van der Waals surface area contributed by atoms with E-state index in [0.29, 0.717) is 30.5 Å². The van der Waals surface area contributed by atoms with Gasteiger partial charge in [0.25, 0.3) is 0 Å². The minimum absolute atomic E-state index is 0.264. The molecule has 2 aromatic rings. The Morgan fingerprint density at radius 1 is 1.37 bits per heavy atom. The van der Waals surface area contributed by atoms with E-state index in [9.17, 15) is 9.59 Å². The lowest BCUT2D eigenvalue weighted by Gasteiger charge is -2.11. The van der Waals surface area contributed by atoms with E-state index in [1.165, 1.54) is 4.57 Å². The minimum atomic E-state index is -0.952. The van der Waals surface area contributed by atoms with Gasteiger partial charge in [0.2, 0.25) is 0 Å². The van der Waals surface area contributed by atoms with Crippen LogP contribution < -0.4 is 5.76 Å². The second-order valence-electron chi connectivity index (χ2n) is 4.61. The van der Waals surface area contributed by atoms with Gasteiger partial charge in [-0.05, 0) is 25.0 Å². The lowest BCUT2D eigenvalue weighted by atomic mass is 10.2. The van der Waals surface area contributed by atoms with Crippen molar-refractivity contribution in [3.8, 4) is 0 Å². The van der Waals surface area contributed by atoms with Gasteiger partial charge in [-0.1, -0.05) is 12.1 Å². The number of fused-ring (bicyclic) bond motifs is 1. The number of nitrogens with zero attached hydrogens (tertiary/aromatic N) is 1. The van der Waals surface area contributed by atoms with Gasteiger partial charge in [-0.3, -0.25) is 4.57 Å². The first kappa shape index (κ1) is 12.0. The summed E-state index contributed by atoms with van der Waals surface area (Å²) in [4.78, 5) is 22.6. The Balaban J connectivity index is 1.85. The van der Waals surface area contributed by atoms with Crippen LogP contribution in [0.15, 0.2) is 33.5 Å². The van der Waals surface area contributed by atoms with Crippen LogP contribution in [0.5, 0.6) is 0 Å². The maximum atomic E-state index is 11.8. The fraction of sp³-hybridized carbons (Fsp3) is 0.385. The van der Waals surface area contributed by atoms with Crippen LogP contribution in [0.1, 0.15) is 12.8 Å². The second kappa shape index (κ2) is 4.55. The first-order valence-corrected chi connectivity index (χ1v) is 6.12. The van der Waals surface area contributed by atoms with Crippen LogP contribution in [0.25, 0.3) is 11.1 Å². The molecule has 1 aromatic carbocycles. The van der Waals surface area contributed by atoms with E-state index in [4.69, 9.17) is 14.3 Å². The van der Waals surface area contributed by atoms with E-state index in [1.807, 2.05) is 6.07 Å². The monoisotopic (exact) mass is 263 g/mol. The highest BCUT2D eigenvalue weighted by Gasteiger charge is 2.31. The number of carbonyl (C=O) groups is 1. The van der Waals surface area contributed by atoms with Crippen LogP contribution in [0.4, 0.5) is 0 Å². The van der Waals surface area contributed by atoms with Gasteiger partial charge >= 0.3 is 11.7 Å². The fourth-order valence-corrected chi connectivity index (χ4v) is 2.41. The van der Waals surface area contributed by atoms with Gasteiger partial charge in [-0.25, -0.2) is 9.59 Å². The molecule has 2 unspecified atom stereocenters. The summed E-state index contributed by atoms with van der Waals surface area (Å²) < 4.78 is 12.0. The summed E-state index contributed by atoms with van der Waals surface area (Å²) >= 11 is 0. The summed E-state index contributed by atoms with van der Waals surface area (Å²) in [5.41, 5.74) is 1.23. The largest absolute Gasteiger partial charge is 0.479 e. The number of hydrogen-bond donors (Lipinski definition) is 1. The summed E-state index contributed by atoms with van der Waals surface area (Å²) in [5, 5.41) is 8.87. The first-order valence-electron chi connectivity index (χ1n) is 6.12. The molecule has 1 saturated heterocycles. The molecule has 1 aromatic heterocycles. The molecule has 0 bridgehead atoms. The van der Waals surface area contributed by atoms with E-state index in [2.05, 4.69) is 0 Å². The van der Waals surface area contributed by atoms with Crippen LogP contribution in [0.2, 0.25) is 0 Å². The zero-order valence-corrected chi connectivity index (χ0v) is 10.1. The SMILES string of the molecule is O=C(O)C1CCC(Cn2c(=O)oc3ccccc32)O1. The highest BCUT2D eigenvalue weighted by Crippen LogP contribution is 2.22. The molecule has 1 fully saturated rings. The second-order valence-corrected chi connectivity index (χ2v) is 4.61. The molecular weight excluding hydrogens is 250 g/mol. The van der Waals surface area contributed by atoms with Gasteiger partial charge in [0.15, 0.2) is 11.7 Å². The smallest absolute Gasteiger partial charge is 0.420 e. The minimum Gasteiger partial charge on any atom is -0.479 e. The number of carboxylic acids is 1. The van der Waals surface area contributed by atoms with Crippen LogP contribution in [0.3, 0.4) is 0 Å². The van der Waals surface area contributed by atoms with E-state index in [1.54, 1.807) is 18.2 Å². The molecule has 1 N–H and O–H groups in total. The number of aliphatic carboxylic acids is 1. The van der Waals surface area contributed by atoms with Crippen molar-refractivity contribution >= 4 is 17.1 Å². The number of rotatable bonds is 3. The molecular formula is C13H13NO5. The molecule has 100 valence electrons. The number of benzene rings is 1. The average Bonchev–Trinajstić information content (AvgIpc) is 2.96. The van der Waals surface area contributed by atoms with Gasteiger partial charge in [0, 0.05) is 0 Å². The lowest BCUT2D eigenvalue weighted by Crippen LogP contribution is -2.26. The maximum Gasteiger partial charge on any atom is 0.420 e. The van der Waals surface area contributed by atoms with Gasteiger partial charge in [0.1, 0.15) is 0 Å². The molecule has 6 heteroatoms. The average molecular weight is 263 g/mol. The van der Waals surface area contributed by atoms with Crippen molar-refractivity contribution in [2.45, 2.75) is 31.6 Å². The van der Waals surface area contributed by atoms with Crippen LogP contribution in [-0.4, -0.2) is 27.9 Å². The molecule has 19 heavy (non-hydrogen) atoms. The summed E-state index contributed by atoms with van der Waals surface area (Å²) in [6.45, 7) is 0.319. The van der Waals surface area contributed by atoms with Gasteiger partial charge < -0.3 is 14.3 Å². The number of carboxylic acid groups (broad SMARTS) is 1. The summed E-state index contributed by atoms with van der Waals surface area (Å²) in [5.74, 6) is -1.39. The normalized spacial score (nSPS) is 22.9. The van der Waals surface area contributed by atoms with Crippen LogP contribution in [0, 0.1) is 0 Å². The van der Waals surface area contributed by atoms with Crippen molar-refractivity contribution in [1.82, 2.24) is 4.57 Å². The predicted molar refractivity (Wildman–Crippen MR) is 66.0 cm³/mol. The standard InChI is InChI=1S/C13H13NO5/c15-12(16)11-6-5-8(18-11)7-14-9-3-1-2-4-10(9)19-13(14)17/h1-4,8,11H,5-7H2,(H,15,16). The molecule has 6 nitrogen and oxygen atoms in total. The zero-order valence-electron chi connectivity index (χ0n) is 10.1. The molecule has 0 saturated carbocycles. The Hall–Kier alpha value is -2.08. The van der Waals surface area contributed by atoms with Crippen molar-refractivity contribution in [2.24, 2.45) is 0 Å². The van der Waals surface area contributed by atoms with Crippen molar-refractivity contribution < 1.29 is 19.1 Å². The third-order valence-corrected chi connectivity index (χ3v) is 3.34. The third-order valence-electron chi connectivity index (χ3n) is 3.34. The first-order chi connectivity index (χ1) is 9.15. The van der Waals surface area contributed by atoms with Crippen molar-refractivity contribution in [3.63, 3.8) is 0 Å². The molecule has 0 radical (unpaired) electrons. The highest BCUT2D eigenvalue weighted by atomic mass is 16.5. The topological polar surface area (TPSA) is 81.7 Å². The van der Waals surface area contributed by atoms with Crippen molar-refractivity contribution in [3.05, 3.63) is 34.8 Å². The third kappa shape index (κ3) is 2.15. The highest BCUT2D eigenvalue weighted by molar-refractivity contribution is 5.73. The Morgan fingerprint density at radius 3 is 2.89 bits per heavy atom. The van der Waals surface area contributed by atoms with E-state index < -0.39 is 17.8 Å². The van der Waals surface area contributed by atoms with Crippen LogP contribution >= 0.6 is 0 Å². The van der Waals surface area contributed by atoms with E-state index in [0.717, 1.165) is 0 Å². The van der Waals surface area contributed by atoms with E-state index in [-0.39, 0.29) is 6.10 Å². The number of para-hydroxylation sites is 2. The summed E-state index contributed by atoms with van der Waals surface area (Å²) in [6.07, 6.45) is 0.0756. The van der Waals surface area contributed by atoms with Crippen molar-refractivity contribution in [1.29, 1.82) is 0 Å². The van der Waals surface area contributed by atoms with Gasteiger partial charge in [0.05, 0.1) is 18.2 Å². The number of hydrogen-bond acceptors (Lipinski definition) is 4. The molecule has 1 aliphatic rings. The fourth-order valence-electron chi connectivity index (χ4n) is 2.41. The molecule has 0 spiro atoms. The molecule has 2 heterocycles. The summed E-state index contributed by atoms with van der Waals surface area (Å²) in [7, 11) is 0. The Kier molecular flexibility index (Phi) is 2.87. The van der Waals surface area contributed by atoms with E-state index >= 15 is 0 Å². The number of aromatic nitrogens is 1. The lowest BCUT2D eigenvalue weighted by molar-refractivity contribution is -0.149. The van der Waals surface area contributed by atoms with Crippen LogP contribution in [-0.2, 0) is 16.1 Å². The predicted octanol–water partition coefficient (Wildman–Crippen LogP) is 1.23. The van der Waals surface area contributed by atoms with Crippen molar-refractivity contribution in [2.75, 3.05) is 0 Å². The quantitative estimate of drug-likeness (QED) is 0.900. The molecule has 0 aliphatic carbocycles. The molecule has 1 aliphatic heterocycles. The molecule has 0 amide bonds. The number of ether oxygens (including phenoxy) is 1. The Bertz CT molecular complexity index is 671. The number of oxazole rings is 1.